The maximum absolute atomic E-state index is 13.1. The molecule has 0 bridgehead atoms. The summed E-state index contributed by atoms with van der Waals surface area (Å²) in [4.78, 5) is 0. The molecule has 1 N–H and O–H groups in total. The Labute approximate surface area is 128 Å². The topological polar surface area (TPSA) is 12.0 Å². The summed E-state index contributed by atoms with van der Waals surface area (Å²) in [7, 11) is 1.97. The summed E-state index contributed by atoms with van der Waals surface area (Å²) in [5.74, 6) is -0.168. The highest BCUT2D eigenvalue weighted by Crippen LogP contribution is 2.19. The molecule has 2 aromatic rings. The molecule has 0 radical (unpaired) electrons. The van der Waals surface area contributed by atoms with Gasteiger partial charge < -0.3 is 5.32 Å². The third-order valence-electron chi connectivity index (χ3n) is 3.60. The van der Waals surface area contributed by atoms with Gasteiger partial charge in [0.2, 0.25) is 0 Å². The van der Waals surface area contributed by atoms with E-state index in [1.807, 2.05) is 26.1 Å². The lowest BCUT2D eigenvalue weighted by Crippen LogP contribution is -2.30. The number of nitrogens with one attached hydrogen (secondary N) is 1. The van der Waals surface area contributed by atoms with Crippen LogP contribution in [0.5, 0.6) is 0 Å². The highest BCUT2D eigenvalue weighted by atomic mass is 79.9. The van der Waals surface area contributed by atoms with Gasteiger partial charge in [0.25, 0.3) is 0 Å². The van der Waals surface area contributed by atoms with Crippen molar-refractivity contribution in [2.24, 2.45) is 0 Å². The van der Waals surface area contributed by atoms with E-state index in [0.717, 1.165) is 22.9 Å². The number of halogens is 2. The van der Waals surface area contributed by atoms with Gasteiger partial charge in [0.05, 0.1) is 0 Å². The van der Waals surface area contributed by atoms with Crippen LogP contribution >= 0.6 is 15.9 Å². The largest absolute Gasteiger partial charge is 0.316 e. The molecule has 0 heterocycles. The van der Waals surface area contributed by atoms with Crippen LogP contribution in [-0.2, 0) is 12.8 Å². The molecular weight excluding hydrogens is 317 g/mol. The first-order valence-electron chi connectivity index (χ1n) is 6.76. The van der Waals surface area contributed by atoms with Crippen molar-refractivity contribution in [3.05, 3.63) is 69.4 Å². The lowest BCUT2D eigenvalue weighted by Gasteiger charge is -2.18. The molecule has 0 aliphatic carbocycles. The molecule has 3 heteroatoms. The first-order chi connectivity index (χ1) is 9.60. The smallest absolute Gasteiger partial charge is 0.123 e. The normalized spacial score (nSPS) is 12.4. The van der Waals surface area contributed by atoms with E-state index in [9.17, 15) is 4.39 Å². The van der Waals surface area contributed by atoms with Gasteiger partial charge in [-0.2, -0.15) is 0 Å². The Kier molecular flexibility index (Phi) is 5.32. The molecule has 1 nitrogen and oxygen atoms in total. The predicted octanol–water partition coefficient (Wildman–Crippen LogP) is 4.27. The number of rotatable bonds is 5. The third-order valence-corrected chi connectivity index (χ3v) is 4.38. The van der Waals surface area contributed by atoms with E-state index in [1.165, 1.54) is 17.2 Å². The van der Waals surface area contributed by atoms with Crippen LogP contribution in [0.3, 0.4) is 0 Å². The molecule has 2 rings (SSSR count). The Balaban J connectivity index is 2.11. The van der Waals surface area contributed by atoms with Crippen molar-refractivity contribution >= 4 is 15.9 Å². The number of hydrogen-bond acceptors (Lipinski definition) is 1. The minimum absolute atomic E-state index is 0.168. The summed E-state index contributed by atoms with van der Waals surface area (Å²) in [6, 6.07) is 13.6. The summed E-state index contributed by atoms with van der Waals surface area (Å²) < 4.78 is 14.3. The average Bonchev–Trinajstić information content (AvgIpc) is 2.43. The predicted molar refractivity (Wildman–Crippen MR) is 85.5 cm³/mol. The van der Waals surface area contributed by atoms with E-state index in [1.54, 1.807) is 6.07 Å². The van der Waals surface area contributed by atoms with Crippen LogP contribution in [-0.4, -0.2) is 13.1 Å². The zero-order chi connectivity index (χ0) is 14.5. The van der Waals surface area contributed by atoms with E-state index < -0.39 is 0 Å². The molecule has 0 saturated heterocycles. The minimum Gasteiger partial charge on any atom is -0.316 e. The summed E-state index contributed by atoms with van der Waals surface area (Å²) in [5, 5.41) is 3.35. The molecule has 2 aromatic carbocycles. The number of likely N-dealkylation sites (N-methyl/N-ethyl adjacent to an activating group) is 1. The van der Waals surface area contributed by atoms with Gasteiger partial charge in [0.15, 0.2) is 0 Å². The Morgan fingerprint density at radius 3 is 2.45 bits per heavy atom. The fourth-order valence-corrected chi connectivity index (χ4v) is 2.81. The molecule has 0 aromatic heterocycles. The van der Waals surface area contributed by atoms with Crippen molar-refractivity contribution in [3.8, 4) is 0 Å². The van der Waals surface area contributed by atoms with Crippen molar-refractivity contribution in [2.75, 3.05) is 7.05 Å². The van der Waals surface area contributed by atoms with Crippen LogP contribution in [0.25, 0.3) is 0 Å². The quantitative estimate of drug-likeness (QED) is 0.860. The van der Waals surface area contributed by atoms with Gasteiger partial charge in [0.1, 0.15) is 5.82 Å². The van der Waals surface area contributed by atoms with Crippen LogP contribution < -0.4 is 5.32 Å². The maximum Gasteiger partial charge on any atom is 0.123 e. The second-order valence-electron chi connectivity index (χ2n) is 5.06. The van der Waals surface area contributed by atoms with Gasteiger partial charge in [0, 0.05) is 10.5 Å². The summed E-state index contributed by atoms with van der Waals surface area (Å²) in [6.07, 6.45) is 1.83. The highest BCUT2D eigenvalue weighted by molar-refractivity contribution is 9.10. The van der Waals surface area contributed by atoms with Crippen LogP contribution in [0.1, 0.15) is 16.7 Å². The number of hydrogen-bond donors (Lipinski definition) is 1. The van der Waals surface area contributed by atoms with Crippen LogP contribution in [0.2, 0.25) is 0 Å². The Bertz CT molecular complexity index is 583. The minimum atomic E-state index is -0.168. The highest BCUT2D eigenvalue weighted by Gasteiger charge is 2.12. The second kappa shape index (κ2) is 7.00. The van der Waals surface area contributed by atoms with Crippen molar-refractivity contribution in [1.82, 2.24) is 5.32 Å². The van der Waals surface area contributed by atoms with Gasteiger partial charge in [-0.1, -0.05) is 40.2 Å². The van der Waals surface area contributed by atoms with E-state index >= 15 is 0 Å². The van der Waals surface area contributed by atoms with Gasteiger partial charge in [-0.25, -0.2) is 4.39 Å². The lowest BCUT2D eigenvalue weighted by molar-refractivity contribution is 0.553. The SMILES string of the molecule is CNC(Cc1ccc(F)cc1C)Cc1ccccc1Br. The molecule has 106 valence electrons. The lowest BCUT2D eigenvalue weighted by atomic mass is 9.96. The molecule has 0 amide bonds. The van der Waals surface area contributed by atoms with Crippen LogP contribution in [0.15, 0.2) is 46.9 Å². The summed E-state index contributed by atoms with van der Waals surface area (Å²) in [6.45, 7) is 1.96. The third kappa shape index (κ3) is 3.90. The van der Waals surface area contributed by atoms with Crippen molar-refractivity contribution in [3.63, 3.8) is 0 Å². The summed E-state index contributed by atoms with van der Waals surface area (Å²) in [5.41, 5.74) is 3.49. The van der Waals surface area contributed by atoms with Crippen molar-refractivity contribution < 1.29 is 4.39 Å². The number of aryl methyl sites for hydroxylation is 1. The molecule has 20 heavy (non-hydrogen) atoms. The summed E-state index contributed by atoms with van der Waals surface area (Å²) >= 11 is 3.59. The molecule has 0 spiro atoms. The molecule has 0 aliphatic rings. The Morgan fingerprint density at radius 1 is 1.10 bits per heavy atom. The maximum atomic E-state index is 13.1. The van der Waals surface area contributed by atoms with Gasteiger partial charge in [-0.3, -0.25) is 0 Å². The van der Waals surface area contributed by atoms with Crippen molar-refractivity contribution in [1.29, 1.82) is 0 Å². The average molecular weight is 336 g/mol. The molecule has 1 atom stereocenters. The fourth-order valence-electron chi connectivity index (χ4n) is 2.36. The van der Waals surface area contributed by atoms with E-state index in [-0.39, 0.29) is 5.82 Å². The van der Waals surface area contributed by atoms with E-state index in [2.05, 4.69) is 39.4 Å². The van der Waals surface area contributed by atoms with Gasteiger partial charge in [-0.15, -0.1) is 0 Å². The second-order valence-corrected chi connectivity index (χ2v) is 5.91. The molecule has 0 saturated carbocycles. The first kappa shape index (κ1) is 15.2. The fraction of sp³-hybridized carbons (Fsp3) is 0.294. The molecular formula is C17H19BrFN. The van der Waals surface area contributed by atoms with Gasteiger partial charge >= 0.3 is 0 Å². The first-order valence-corrected chi connectivity index (χ1v) is 7.55. The standard InChI is InChI=1S/C17H19BrFN/c1-12-9-15(19)8-7-13(12)10-16(20-2)11-14-5-3-4-6-17(14)18/h3-9,16,20H,10-11H2,1-2H3. The van der Waals surface area contributed by atoms with Crippen LogP contribution in [0.4, 0.5) is 4.39 Å². The molecule has 1 unspecified atom stereocenters. The molecule has 0 aliphatic heterocycles. The van der Waals surface area contributed by atoms with E-state index in [4.69, 9.17) is 0 Å². The van der Waals surface area contributed by atoms with E-state index in [0.29, 0.717) is 6.04 Å². The Hall–Kier alpha value is -1.19. The Morgan fingerprint density at radius 2 is 1.80 bits per heavy atom. The zero-order valence-electron chi connectivity index (χ0n) is 11.8. The zero-order valence-corrected chi connectivity index (χ0v) is 13.4. The van der Waals surface area contributed by atoms with Crippen molar-refractivity contribution in [2.45, 2.75) is 25.8 Å². The van der Waals surface area contributed by atoms with Gasteiger partial charge in [-0.05, 0) is 61.7 Å². The number of benzene rings is 2. The molecule has 0 fully saturated rings. The monoisotopic (exact) mass is 335 g/mol. The van der Waals surface area contributed by atoms with Crippen LogP contribution in [0, 0.1) is 12.7 Å².